The molecule has 0 aliphatic carbocycles. The standard InChI is InChI=1S/C44H48Cl2N6O3.CH2O/c1-26-19-34(20-27(2)41(26)46)55-18-10-13-32(21-33-12-8-14-36-37(44(53)54)25-52(43(33)36)24-31-11-9-17-48-23-31)35-15-16-38(45)40(42(35)49-28(3)22-47-6)39-29(4)50-51(7)30(39)5;1-2/h8-9,11-12,14-17,19-21,23,25,28,47,49H,10,13,18,22,24H2,1-7H3,(H,53,54);1H2/b32-21+;/t28-;/m1./s1. The van der Waals surface area contributed by atoms with Crippen molar-refractivity contribution in [3.63, 3.8) is 0 Å². The van der Waals surface area contributed by atoms with Gasteiger partial charge in [-0.1, -0.05) is 53.5 Å². The van der Waals surface area contributed by atoms with E-state index in [4.69, 9.17) is 37.8 Å². The molecular formula is C45H50Cl2N6O4. The number of pyridine rings is 1. The van der Waals surface area contributed by atoms with E-state index in [1.165, 1.54) is 0 Å². The fraction of sp³-hybridized carbons (Fsp3) is 0.289. The van der Waals surface area contributed by atoms with Crippen LogP contribution in [0, 0.1) is 27.7 Å². The second kappa shape index (κ2) is 19.1. The van der Waals surface area contributed by atoms with Crippen molar-refractivity contribution < 1.29 is 19.4 Å². The summed E-state index contributed by atoms with van der Waals surface area (Å²) in [6, 6.07) is 17.8. The maximum atomic E-state index is 12.6. The summed E-state index contributed by atoms with van der Waals surface area (Å²) in [5, 5.41) is 24.2. The van der Waals surface area contributed by atoms with Gasteiger partial charge in [0.05, 0.1) is 34.1 Å². The van der Waals surface area contributed by atoms with Gasteiger partial charge in [-0.15, -0.1) is 0 Å². The Kier molecular flexibility index (Phi) is 14.4. The number of allylic oxidation sites excluding steroid dienone is 1. The van der Waals surface area contributed by atoms with E-state index in [1.807, 2.05) is 106 Å². The summed E-state index contributed by atoms with van der Waals surface area (Å²) in [5.41, 5.74) is 11.6. The van der Waals surface area contributed by atoms with Crippen LogP contribution in [0.1, 0.15) is 69.3 Å². The Balaban J connectivity index is 0.00000305. The number of benzene rings is 3. The third-order valence-corrected chi connectivity index (χ3v) is 10.9. The molecule has 6 aromatic rings. The van der Waals surface area contributed by atoms with E-state index in [0.717, 1.165) is 84.4 Å². The molecule has 1 atom stereocenters. The summed E-state index contributed by atoms with van der Waals surface area (Å²) in [4.78, 5) is 24.9. The maximum absolute atomic E-state index is 12.6. The van der Waals surface area contributed by atoms with Gasteiger partial charge < -0.3 is 29.8 Å². The summed E-state index contributed by atoms with van der Waals surface area (Å²) in [5.74, 6) is -0.195. The maximum Gasteiger partial charge on any atom is 0.337 e. The minimum absolute atomic E-state index is 0.0532. The van der Waals surface area contributed by atoms with Crippen LogP contribution in [-0.4, -0.2) is 63.4 Å². The van der Waals surface area contributed by atoms with E-state index >= 15 is 0 Å². The third kappa shape index (κ3) is 9.59. The Morgan fingerprint density at radius 2 is 1.75 bits per heavy atom. The number of hydrogen-bond acceptors (Lipinski definition) is 7. The number of carboxylic acid groups (broad SMARTS) is 1. The monoisotopic (exact) mass is 808 g/mol. The molecule has 0 saturated carbocycles. The van der Waals surface area contributed by atoms with Crippen LogP contribution >= 0.6 is 23.2 Å². The highest BCUT2D eigenvalue weighted by molar-refractivity contribution is 6.34. The van der Waals surface area contributed by atoms with Gasteiger partial charge in [0.1, 0.15) is 12.5 Å². The quantitative estimate of drug-likeness (QED) is 0.0692. The van der Waals surface area contributed by atoms with Crippen molar-refractivity contribution >= 4 is 64.2 Å². The summed E-state index contributed by atoms with van der Waals surface area (Å²) in [7, 11) is 3.89. The van der Waals surface area contributed by atoms with E-state index < -0.39 is 5.97 Å². The average molecular weight is 810 g/mol. The number of aromatic nitrogens is 4. The fourth-order valence-corrected chi connectivity index (χ4v) is 7.74. The number of anilines is 1. The Hall–Kier alpha value is -5.42. The number of carbonyl (C=O) groups excluding carboxylic acids is 1. The predicted molar refractivity (Wildman–Crippen MR) is 233 cm³/mol. The zero-order valence-corrected chi connectivity index (χ0v) is 35.1. The third-order valence-electron chi connectivity index (χ3n) is 10.00. The number of nitrogens with zero attached hydrogens (tertiary/aromatic N) is 4. The summed E-state index contributed by atoms with van der Waals surface area (Å²) < 4.78 is 10.2. The number of fused-ring (bicyclic) bond motifs is 1. The molecular weight excluding hydrogens is 759 g/mol. The molecule has 0 spiro atoms. The van der Waals surface area contributed by atoms with Crippen molar-refractivity contribution in [1.29, 1.82) is 0 Å². The van der Waals surface area contributed by atoms with Crippen molar-refractivity contribution in [3.8, 4) is 16.9 Å². The van der Waals surface area contributed by atoms with Crippen LogP contribution in [0.3, 0.4) is 0 Å². The number of ether oxygens (including phenoxy) is 1. The lowest BCUT2D eigenvalue weighted by atomic mass is 9.91. The lowest BCUT2D eigenvalue weighted by molar-refractivity contribution is -0.0980. The highest BCUT2D eigenvalue weighted by Gasteiger charge is 2.24. The topological polar surface area (TPSA) is 123 Å². The van der Waals surface area contributed by atoms with E-state index in [-0.39, 0.29) is 11.6 Å². The number of aromatic carboxylic acids is 1. The average Bonchev–Trinajstić information content (AvgIpc) is 3.68. The van der Waals surface area contributed by atoms with E-state index in [0.29, 0.717) is 36.4 Å². The Labute approximate surface area is 344 Å². The Morgan fingerprint density at radius 1 is 1.02 bits per heavy atom. The first-order valence-corrected chi connectivity index (χ1v) is 19.5. The number of para-hydroxylation sites is 1. The van der Waals surface area contributed by atoms with Crippen molar-refractivity contribution in [2.75, 3.05) is 25.5 Å². The van der Waals surface area contributed by atoms with Crippen molar-refractivity contribution in [2.45, 2.75) is 60.0 Å². The van der Waals surface area contributed by atoms with Crippen LogP contribution in [-0.2, 0) is 18.4 Å². The molecule has 3 N–H and O–H groups in total. The zero-order chi connectivity index (χ0) is 41.4. The molecule has 0 radical (unpaired) electrons. The van der Waals surface area contributed by atoms with Crippen molar-refractivity contribution in [1.82, 2.24) is 24.6 Å². The second-order valence-corrected chi connectivity index (χ2v) is 15.0. The van der Waals surface area contributed by atoms with Crippen LogP contribution in [0.5, 0.6) is 5.75 Å². The van der Waals surface area contributed by atoms with Gasteiger partial charge in [-0.05, 0) is 113 Å². The van der Waals surface area contributed by atoms with Crippen LogP contribution < -0.4 is 15.4 Å². The molecule has 12 heteroatoms. The molecule has 0 aliphatic heterocycles. The summed E-state index contributed by atoms with van der Waals surface area (Å²) in [6.45, 7) is 13.8. The summed E-state index contributed by atoms with van der Waals surface area (Å²) in [6.07, 6.45) is 8.81. The first kappa shape index (κ1) is 42.7. The number of rotatable bonds is 15. The van der Waals surface area contributed by atoms with Gasteiger partial charge in [0.25, 0.3) is 0 Å². The van der Waals surface area contributed by atoms with Gasteiger partial charge in [0.15, 0.2) is 0 Å². The molecule has 298 valence electrons. The number of carboxylic acids is 1. The highest BCUT2D eigenvalue weighted by atomic mass is 35.5. The van der Waals surface area contributed by atoms with Gasteiger partial charge >= 0.3 is 5.97 Å². The number of nitrogens with one attached hydrogen (secondary N) is 2. The van der Waals surface area contributed by atoms with Gasteiger partial charge in [0, 0.05) is 77.6 Å². The molecule has 6 rings (SSSR count). The molecule has 0 bridgehead atoms. The largest absolute Gasteiger partial charge is 0.494 e. The fourth-order valence-electron chi connectivity index (χ4n) is 7.38. The molecule has 0 aliphatic rings. The van der Waals surface area contributed by atoms with E-state index in [1.54, 1.807) is 12.4 Å². The van der Waals surface area contributed by atoms with Crippen LogP contribution in [0.2, 0.25) is 10.0 Å². The minimum Gasteiger partial charge on any atom is -0.494 e. The molecule has 3 aromatic heterocycles. The number of halogens is 2. The number of aryl methyl sites for hydroxylation is 4. The molecule has 10 nitrogen and oxygen atoms in total. The molecule has 0 saturated heterocycles. The summed E-state index contributed by atoms with van der Waals surface area (Å²) >= 11 is 13.6. The zero-order valence-electron chi connectivity index (χ0n) is 33.5. The number of hydrogen-bond donors (Lipinski definition) is 3. The van der Waals surface area contributed by atoms with Crippen molar-refractivity contribution in [2.24, 2.45) is 7.05 Å². The molecule has 0 unspecified atom stereocenters. The van der Waals surface area contributed by atoms with Crippen LogP contribution in [0.4, 0.5) is 5.69 Å². The minimum atomic E-state index is -0.976. The first-order chi connectivity index (χ1) is 27.4. The predicted octanol–water partition coefficient (Wildman–Crippen LogP) is 9.96. The van der Waals surface area contributed by atoms with Gasteiger partial charge in [0.2, 0.25) is 0 Å². The number of likely N-dealkylation sites (N-methyl/N-ethyl adjacent to an activating group) is 1. The van der Waals surface area contributed by atoms with Crippen molar-refractivity contribution in [3.05, 3.63) is 128 Å². The van der Waals surface area contributed by atoms with Gasteiger partial charge in [-0.2, -0.15) is 5.10 Å². The highest BCUT2D eigenvalue weighted by Crippen LogP contribution is 2.44. The van der Waals surface area contributed by atoms with Gasteiger partial charge in [-0.25, -0.2) is 4.79 Å². The van der Waals surface area contributed by atoms with E-state index in [9.17, 15) is 9.90 Å². The molecule has 3 heterocycles. The molecule has 3 aromatic carbocycles. The lowest BCUT2D eigenvalue weighted by Gasteiger charge is -2.24. The molecule has 0 amide bonds. The van der Waals surface area contributed by atoms with E-state index in [2.05, 4.69) is 41.6 Å². The number of carbonyl (C=O) groups is 2. The Bertz CT molecular complexity index is 2380. The van der Waals surface area contributed by atoms with Gasteiger partial charge in [-0.3, -0.25) is 9.67 Å². The second-order valence-electron chi connectivity index (χ2n) is 14.2. The normalized spacial score (nSPS) is 12.0. The first-order valence-electron chi connectivity index (χ1n) is 18.8. The smallest absolute Gasteiger partial charge is 0.337 e. The molecule has 57 heavy (non-hydrogen) atoms. The van der Waals surface area contributed by atoms with Crippen LogP contribution in [0.25, 0.3) is 33.7 Å². The Morgan fingerprint density at radius 3 is 2.39 bits per heavy atom. The van der Waals surface area contributed by atoms with Crippen LogP contribution in [0.15, 0.2) is 73.2 Å². The molecule has 0 fully saturated rings. The lowest BCUT2D eigenvalue weighted by Crippen LogP contribution is -2.28. The SMILES string of the molecule is C=O.CNC[C@@H](C)Nc1c(/C(=C/c2cccc3c(C(=O)O)cn(Cc4cccnc4)c23)CCCOc2cc(C)c(Cl)c(C)c2)ccc(Cl)c1-c1c(C)nn(C)c1C.